The van der Waals surface area contributed by atoms with Gasteiger partial charge in [0.1, 0.15) is 17.2 Å². The Kier molecular flexibility index (Phi) is 4.89. The fourth-order valence-corrected chi connectivity index (χ4v) is 4.89. The maximum absolute atomic E-state index is 13.6. The first-order valence-corrected chi connectivity index (χ1v) is 10.5. The molecule has 0 bridgehead atoms. The molecule has 1 aromatic heterocycles. The number of rotatable bonds is 4. The number of allylic oxidation sites excluding steroid dienone is 2. The van der Waals surface area contributed by atoms with Crippen LogP contribution in [0.5, 0.6) is 17.2 Å². The molecule has 2 aromatic carbocycles. The van der Waals surface area contributed by atoms with Crippen molar-refractivity contribution in [1.82, 2.24) is 5.16 Å². The minimum absolute atomic E-state index is 0.0288. The molecule has 2 heterocycles. The number of aromatic hydroxyl groups is 1. The minimum atomic E-state index is -0.369. The van der Waals surface area contributed by atoms with Crippen LogP contribution in [0.3, 0.4) is 0 Å². The number of para-hydroxylation sites is 1. The predicted octanol–water partition coefficient (Wildman–Crippen LogP) is 4.66. The van der Waals surface area contributed by atoms with E-state index in [2.05, 4.69) is 10.5 Å². The summed E-state index contributed by atoms with van der Waals surface area (Å²) in [5, 5.41) is 17.8. The largest absolute Gasteiger partial charge is 0.508 e. The Morgan fingerprint density at radius 2 is 1.91 bits per heavy atom. The van der Waals surface area contributed by atoms with Crippen molar-refractivity contribution >= 4 is 11.7 Å². The lowest BCUT2D eigenvalue weighted by Crippen LogP contribution is -2.29. The highest BCUT2D eigenvalue weighted by molar-refractivity contribution is 6.01. The number of hydrogen-bond donors (Lipinski definition) is 2. The Hall–Kier alpha value is -3.74. The van der Waals surface area contributed by atoms with Gasteiger partial charge >= 0.3 is 0 Å². The average Bonchev–Trinajstić information content (AvgIpc) is 3.17. The highest BCUT2D eigenvalue weighted by Crippen LogP contribution is 2.51. The first-order valence-electron chi connectivity index (χ1n) is 10.5. The number of benzene rings is 2. The number of fused-ring (bicyclic) bond motifs is 1. The van der Waals surface area contributed by atoms with E-state index in [4.69, 9.17) is 14.0 Å². The predicted molar refractivity (Wildman–Crippen MR) is 118 cm³/mol. The molecule has 1 aliphatic carbocycles. The van der Waals surface area contributed by atoms with E-state index in [1.165, 1.54) is 0 Å². The molecule has 0 spiro atoms. The second-order valence-corrected chi connectivity index (χ2v) is 8.16. The van der Waals surface area contributed by atoms with Crippen molar-refractivity contribution in [2.24, 2.45) is 0 Å². The van der Waals surface area contributed by atoms with Crippen molar-refractivity contribution in [3.63, 3.8) is 0 Å². The van der Waals surface area contributed by atoms with Crippen molar-refractivity contribution in [2.45, 2.75) is 31.6 Å². The number of aromatic nitrogens is 1. The molecule has 0 amide bonds. The molecule has 3 aromatic rings. The number of ether oxygens (including phenoxy) is 2. The van der Waals surface area contributed by atoms with Gasteiger partial charge in [-0.1, -0.05) is 29.4 Å². The van der Waals surface area contributed by atoms with Crippen LogP contribution in [-0.2, 0) is 4.79 Å². The summed E-state index contributed by atoms with van der Waals surface area (Å²) in [7, 11) is 3.21. The molecule has 164 valence electrons. The summed E-state index contributed by atoms with van der Waals surface area (Å²) >= 11 is 0. The van der Waals surface area contributed by atoms with Gasteiger partial charge in [-0.2, -0.15) is 0 Å². The number of aryl methyl sites for hydroxylation is 1. The molecule has 7 nitrogen and oxygen atoms in total. The number of anilines is 1. The average molecular weight is 432 g/mol. The molecule has 0 radical (unpaired) electrons. The van der Waals surface area contributed by atoms with E-state index in [0.717, 1.165) is 28.1 Å². The van der Waals surface area contributed by atoms with Gasteiger partial charge in [-0.25, -0.2) is 0 Å². The molecule has 0 saturated heterocycles. The van der Waals surface area contributed by atoms with Crippen LogP contribution in [0.15, 0.2) is 58.3 Å². The van der Waals surface area contributed by atoms with E-state index in [1.807, 2.05) is 37.3 Å². The van der Waals surface area contributed by atoms with Gasteiger partial charge < -0.3 is 24.4 Å². The van der Waals surface area contributed by atoms with Crippen molar-refractivity contribution in [3.05, 3.63) is 76.1 Å². The Morgan fingerprint density at radius 1 is 1.09 bits per heavy atom. The lowest BCUT2D eigenvalue weighted by Gasteiger charge is -2.35. The molecule has 2 unspecified atom stereocenters. The van der Waals surface area contributed by atoms with Gasteiger partial charge in [0.25, 0.3) is 0 Å². The van der Waals surface area contributed by atoms with Gasteiger partial charge in [0.05, 0.1) is 31.4 Å². The highest BCUT2D eigenvalue weighted by atomic mass is 16.5. The highest BCUT2D eigenvalue weighted by Gasteiger charge is 2.42. The number of hydrogen-bond acceptors (Lipinski definition) is 7. The third-order valence-corrected chi connectivity index (χ3v) is 6.39. The third-order valence-electron chi connectivity index (χ3n) is 6.39. The normalized spacial score (nSPS) is 19.8. The van der Waals surface area contributed by atoms with E-state index >= 15 is 0 Å². The molecule has 32 heavy (non-hydrogen) atoms. The molecule has 1 aliphatic heterocycles. The van der Waals surface area contributed by atoms with Gasteiger partial charge in [0.15, 0.2) is 5.78 Å². The first-order chi connectivity index (χ1) is 15.5. The minimum Gasteiger partial charge on any atom is -0.508 e. The van der Waals surface area contributed by atoms with Crippen LogP contribution in [0.25, 0.3) is 0 Å². The Bertz CT molecular complexity index is 1240. The lowest BCUT2D eigenvalue weighted by molar-refractivity contribution is -0.116. The Morgan fingerprint density at radius 3 is 2.66 bits per heavy atom. The molecule has 0 fully saturated rings. The zero-order valence-electron chi connectivity index (χ0n) is 18.1. The number of phenols is 1. The fourth-order valence-electron chi connectivity index (χ4n) is 4.89. The van der Waals surface area contributed by atoms with Crippen molar-refractivity contribution in [1.29, 1.82) is 0 Å². The number of methoxy groups -OCH3 is 2. The maximum atomic E-state index is 13.6. The van der Waals surface area contributed by atoms with Gasteiger partial charge in [0.2, 0.25) is 5.88 Å². The van der Waals surface area contributed by atoms with E-state index in [1.54, 1.807) is 26.4 Å². The lowest BCUT2D eigenvalue weighted by atomic mass is 9.72. The van der Waals surface area contributed by atoms with Gasteiger partial charge in [-0.05, 0) is 31.0 Å². The first kappa shape index (κ1) is 20.2. The van der Waals surface area contributed by atoms with Crippen molar-refractivity contribution in [3.8, 4) is 17.2 Å². The van der Waals surface area contributed by atoms with E-state index in [9.17, 15) is 9.90 Å². The van der Waals surface area contributed by atoms with E-state index in [0.29, 0.717) is 35.8 Å². The summed E-state index contributed by atoms with van der Waals surface area (Å²) in [6.07, 6.45) is 0.888. The van der Waals surface area contributed by atoms with E-state index < -0.39 is 0 Å². The van der Waals surface area contributed by atoms with Crippen molar-refractivity contribution < 1.29 is 23.9 Å². The third kappa shape index (κ3) is 3.12. The van der Waals surface area contributed by atoms with Crippen LogP contribution in [-0.4, -0.2) is 30.3 Å². The monoisotopic (exact) mass is 432 g/mol. The van der Waals surface area contributed by atoms with Crippen LogP contribution in [0.4, 0.5) is 5.88 Å². The Labute approximate surface area is 185 Å². The van der Waals surface area contributed by atoms with Crippen LogP contribution in [0.2, 0.25) is 0 Å². The summed E-state index contributed by atoms with van der Waals surface area (Å²) < 4.78 is 16.6. The second kappa shape index (κ2) is 7.75. The molecule has 2 aliphatic rings. The van der Waals surface area contributed by atoms with E-state index in [-0.39, 0.29) is 23.4 Å². The number of nitrogens with zero attached hydrogens (tertiary/aromatic N) is 1. The summed E-state index contributed by atoms with van der Waals surface area (Å²) in [6.45, 7) is 1.87. The molecule has 7 heteroatoms. The zero-order valence-corrected chi connectivity index (χ0v) is 18.1. The number of carbonyl (C=O) groups excluding carboxylic acids is 1. The zero-order chi connectivity index (χ0) is 22.4. The molecule has 0 saturated carbocycles. The number of Topliss-reactive ketones (excluding diaryl/α,β-unsaturated/α-hetero) is 1. The fraction of sp³-hybridized carbons (Fsp3) is 0.280. The smallest absolute Gasteiger partial charge is 0.233 e. The second-order valence-electron chi connectivity index (χ2n) is 8.16. The maximum Gasteiger partial charge on any atom is 0.233 e. The van der Waals surface area contributed by atoms with Crippen LogP contribution in [0, 0.1) is 6.92 Å². The topological polar surface area (TPSA) is 93.8 Å². The van der Waals surface area contributed by atoms with Crippen LogP contribution < -0.4 is 14.8 Å². The van der Waals surface area contributed by atoms with Gasteiger partial charge in [-0.15, -0.1) is 0 Å². The van der Waals surface area contributed by atoms with Gasteiger partial charge in [-0.3, -0.25) is 4.79 Å². The quantitative estimate of drug-likeness (QED) is 0.619. The van der Waals surface area contributed by atoms with Crippen molar-refractivity contribution in [2.75, 3.05) is 19.5 Å². The molecular weight excluding hydrogens is 408 g/mol. The summed E-state index contributed by atoms with van der Waals surface area (Å²) in [4.78, 5) is 13.6. The number of nitrogens with one attached hydrogen (secondary N) is 1. The number of carbonyl (C=O) groups is 1. The SMILES string of the molecule is COc1ccc(C2C3=C(CC(c4ccccc4O)CC3=O)Nc3onc(C)c32)c(OC)c1. The number of phenolic OH excluding ortho intramolecular Hbond substituents is 1. The van der Waals surface area contributed by atoms with Crippen LogP contribution >= 0.6 is 0 Å². The molecular formula is C25H24N2O5. The standard InChI is InChI=1S/C25H24N2O5/c1-13-22-23(17-9-8-15(30-2)12-21(17)31-3)24-18(26-25(22)32-27-13)10-14(11-20(24)29)16-6-4-5-7-19(16)28/h4-9,12,14,23,26,28H,10-11H2,1-3H3. The number of ketones is 1. The summed E-state index contributed by atoms with van der Waals surface area (Å²) in [6, 6.07) is 12.8. The molecule has 2 atom stereocenters. The summed E-state index contributed by atoms with van der Waals surface area (Å²) in [5.41, 5.74) is 4.66. The Balaban J connectivity index is 1.66. The summed E-state index contributed by atoms with van der Waals surface area (Å²) in [5.74, 6) is 1.58. The molecule has 5 rings (SSSR count). The van der Waals surface area contributed by atoms with Crippen LogP contribution in [0.1, 0.15) is 47.1 Å². The van der Waals surface area contributed by atoms with Gasteiger partial charge in [0, 0.05) is 35.2 Å². The molecule has 2 N–H and O–H groups in total.